The summed E-state index contributed by atoms with van der Waals surface area (Å²) in [6.07, 6.45) is -1.41. The van der Waals surface area contributed by atoms with Gasteiger partial charge in [-0.2, -0.15) is 4.57 Å². The van der Waals surface area contributed by atoms with E-state index in [1.807, 2.05) is 6.92 Å². The summed E-state index contributed by atoms with van der Waals surface area (Å²) in [5, 5.41) is 6.34. The van der Waals surface area contributed by atoms with Crippen LogP contribution in [0.2, 0.25) is 9.26 Å². The number of fused-ring (bicyclic) bond motifs is 3. The maximum atomic E-state index is 13.0. The van der Waals surface area contributed by atoms with E-state index in [1.54, 1.807) is 36.4 Å². The van der Waals surface area contributed by atoms with E-state index in [4.69, 9.17) is 18.6 Å². The molecule has 1 aliphatic rings. The van der Waals surface area contributed by atoms with Gasteiger partial charge in [-0.05, 0) is 37.3 Å². The molecule has 7 heteroatoms. The van der Waals surface area contributed by atoms with Crippen molar-refractivity contribution in [1.29, 1.82) is 0 Å². The van der Waals surface area contributed by atoms with Crippen LogP contribution in [0.1, 0.15) is 26.5 Å². The molecular weight excluding hydrogens is 338 g/mol. The van der Waals surface area contributed by atoms with Crippen LogP contribution in [0.25, 0.3) is 5.69 Å². The van der Waals surface area contributed by atoms with Crippen molar-refractivity contribution in [2.45, 2.75) is 19.3 Å². The second-order valence-electron chi connectivity index (χ2n) is 5.62. The first-order valence-electron chi connectivity index (χ1n) is 9.94. The average molecular weight is 360 g/mol. The number of aromatic amines is 1. The fraction of sp³-hybridized carbons (Fsp3) is 0.167. The van der Waals surface area contributed by atoms with Gasteiger partial charge in [0, 0.05) is 18.6 Å². The molecule has 0 radical (unpaired) electrons. The zero-order chi connectivity index (χ0) is 21.8. The summed E-state index contributed by atoms with van der Waals surface area (Å²) in [5.74, 6) is -1.17. The van der Waals surface area contributed by atoms with E-state index in [-0.39, 0.29) is 17.2 Å². The molecule has 0 saturated heterocycles. The Morgan fingerprint density at radius 1 is 1.44 bits per heavy atom. The number of hydrogen-bond acceptors (Lipinski definition) is 3. The molecular formula is C18H17ClN5O+. The molecule has 2 heterocycles. The van der Waals surface area contributed by atoms with Gasteiger partial charge in [-0.3, -0.25) is 4.79 Å². The lowest BCUT2D eigenvalue weighted by molar-refractivity contribution is -0.606. The van der Waals surface area contributed by atoms with E-state index in [2.05, 4.69) is 5.10 Å². The third-order valence-corrected chi connectivity index (χ3v) is 4.04. The smallest absolute Gasteiger partial charge is 0.309 e. The van der Waals surface area contributed by atoms with Crippen LogP contribution in [0.3, 0.4) is 0 Å². The van der Waals surface area contributed by atoms with Gasteiger partial charge in [0.15, 0.2) is 2.82 Å². The van der Waals surface area contributed by atoms with Crippen LogP contribution >= 0.6 is 11.6 Å². The number of hydrogen-bond donors (Lipinski definition) is 3. The molecule has 1 atom stereocenters. The van der Waals surface area contributed by atoms with Crippen LogP contribution < -0.4 is 15.2 Å². The first-order chi connectivity index (χ1) is 14.1. The first kappa shape index (κ1) is 10.9. The summed E-state index contributed by atoms with van der Waals surface area (Å²) in [5.41, 5.74) is 1.86. The summed E-state index contributed by atoms with van der Waals surface area (Å²) in [7, 11) is 0. The molecule has 0 fully saturated rings. The third kappa shape index (κ3) is 3.08. The van der Waals surface area contributed by atoms with Gasteiger partial charge in [0.25, 0.3) is 0 Å². The Labute approximate surface area is 157 Å². The highest BCUT2D eigenvalue weighted by atomic mass is 35.5. The fourth-order valence-corrected chi connectivity index (χ4v) is 2.77. The number of amides is 1. The summed E-state index contributed by atoms with van der Waals surface area (Å²) < 4.78 is 43.1. The van der Waals surface area contributed by atoms with Gasteiger partial charge in [-0.15, -0.1) is 5.09 Å². The molecule has 25 heavy (non-hydrogen) atoms. The van der Waals surface area contributed by atoms with Gasteiger partial charge in [0.2, 0.25) is 12.2 Å². The Kier molecular flexibility index (Phi) is 2.71. The van der Waals surface area contributed by atoms with Gasteiger partial charge >= 0.3 is 7.24 Å². The lowest BCUT2D eigenvalue weighted by Gasteiger charge is -2.23. The molecule has 1 aliphatic heterocycles. The van der Waals surface area contributed by atoms with E-state index in [0.29, 0.717) is 16.0 Å². The zero-order valence-electron chi connectivity index (χ0n) is 18.2. The monoisotopic (exact) mass is 359 g/mol. The number of rotatable bonds is 3. The highest BCUT2D eigenvalue weighted by molar-refractivity contribution is 6.30. The second-order valence-corrected chi connectivity index (χ2v) is 6.06. The van der Waals surface area contributed by atoms with E-state index >= 15 is 0 Å². The van der Waals surface area contributed by atoms with Crippen molar-refractivity contribution < 1.29 is 16.3 Å². The van der Waals surface area contributed by atoms with Crippen molar-refractivity contribution >= 4 is 28.9 Å². The lowest BCUT2D eigenvalue weighted by atomic mass is 10.1. The van der Waals surface area contributed by atoms with Crippen LogP contribution in [0.5, 0.6) is 0 Å². The molecule has 4 rings (SSSR count). The predicted molar refractivity (Wildman–Crippen MR) is 95.9 cm³/mol. The molecule has 1 aromatic heterocycles. The number of aryl methyl sites for hydroxylation is 1. The Balaban J connectivity index is 1.79. The van der Waals surface area contributed by atoms with Crippen molar-refractivity contribution in [1.82, 2.24) is 10.2 Å². The molecule has 3 aromatic rings. The molecule has 0 bridgehead atoms. The van der Waals surface area contributed by atoms with Gasteiger partial charge in [0.05, 0.1) is 12.1 Å². The minimum atomic E-state index is -2.72. The predicted octanol–water partition coefficient (Wildman–Crippen LogP) is 3.14. The topological polar surface area (TPSA) is 73.7 Å². The van der Waals surface area contributed by atoms with Crippen LogP contribution in [-0.2, 0) is 4.79 Å². The molecule has 1 unspecified atom stereocenters. The summed E-state index contributed by atoms with van der Waals surface area (Å²) in [6.45, 7) is 1.86. The van der Waals surface area contributed by atoms with Gasteiger partial charge in [0.1, 0.15) is 11.7 Å². The Hall–Kier alpha value is -2.86. The van der Waals surface area contributed by atoms with Crippen molar-refractivity contribution in [2.75, 3.05) is 10.6 Å². The number of nitrogens with one attached hydrogen (secondary N) is 3. The molecule has 6 nitrogen and oxygen atoms in total. The largest absolute Gasteiger partial charge is 0.369 e. The van der Waals surface area contributed by atoms with Crippen LogP contribution in [0.4, 0.5) is 11.4 Å². The minimum absolute atomic E-state index is 0.00882. The number of benzene rings is 2. The normalized spacial score (nSPS) is 18.9. The number of carbonyl (C=O) groups is 1. The summed E-state index contributed by atoms with van der Waals surface area (Å²) >= 11 is 6.07. The number of H-pyrrole nitrogens is 1. The molecule has 1 amide bonds. The molecule has 2 aromatic carbocycles. The van der Waals surface area contributed by atoms with Crippen molar-refractivity contribution in [3.05, 3.63) is 65.2 Å². The number of halogens is 1. The minimum Gasteiger partial charge on any atom is -0.369 e. The SMILES string of the molecule is [2H]N(C(=O)C([2H])([2H])C1c2nn([2H])c[n+]2-c2ccc(Cl)cc2N1[2H])c1ccc(C)cc1. The number of anilines is 2. The molecule has 0 saturated carbocycles. The quantitative estimate of drug-likeness (QED) is 0.629. The molecule has 3 N–H and O–H groups in total. The Morgan fingerprint density at radius 3 is 3.04 bits per heavy atom. The molecule has 0 aliphatic carbocycles. The van der Waals surface area contributed by atoms with Gasteiger partial charge in [-0.25, -0.2) is 0 Å². The van der Waals surface area contributed by atoms with Gasteiger partial charge < -0.3 is 10.6 Å². The first-order valence-corrected chi connectivity index (χ1v) is 7.97. The molecule has 0 spiro atoms. The van der Waals surface area contributed by atoms with E-state index in [1.165, 1.54) is 17.0 Å². The third-order valence-electron chi connectivity index (χ3n) is 3.81. The lowest BCUT2D eigenvalue weighted by Crippen LogP contribution is -2.42. The summed E-state index contributed by atoms with van der Waals surface area (Å²) in [4.78, 5) is 13.0. The highest BCUT2D eigenvalue weighted by Crippen LogP contribution is 2.30. The molecule has 126 valence electrons. The Morgan fingerprint density at radius 2 is 2.24 bits per heavy atom. The van der Waals surface area contributed by atoms with Crippen LogP contribution in [-0.4, -0.2) is 16.1 Å². The van der Waals surface area contributed by atoms with E-state index < -0.39 is 18.3 Å². The average Bonchev–Trinajstić information content (AvgIpc) is 3.08. The van der Waals surface area contributed by atoms with Gasteiger partial charge in [-0.1, -0.05) is 29.3 Å². The van der Waals surface area contributed by atoms with E-state index in [0.717, 1.165) is 16.0 Å². The number of carbonyl (C=O) groups excluding carboxylic acids is 1. The Bertz CT molecular complexity index is 1140. The number of nitrogens with zero attached hydrogens (tertiary/aromatic N) is 2. The highest BCUT2D eigenvalue weighted by Gasteiger charge is 2.33. The number of aromatic nitrogens is 3. The standard InChI is InChI=1S/C18H16ClN5O/c1-11-2-5-13(6-3-11)21-17(25)9-15-18-23-20-10-24(18)16-7-4-12(19)8-14(16)22-15/h2-8,10,15,22H,9H2,1H3,(H,21,25)/p+1/i9D2/hD3. The maximum absolute atomic E-state index is 13.0. The maximum Gasteiger partial charge on any atom is 0.309 e. The fourth-order valence-electron chi connectivity index (χ4n) is 2.60. The van der Waals surface area contributed by atoms with Crippen molar-refractivity contribution in [3.63, 3.8) is 0 Å². The van der Waals surface area contributed by atoms with Crippen LogP contribution in [0.15, 0.2) is 48.8 Å². The second kappa shape index (κ2) is 6.22. The van der Waals surface area contributed by atoms with Crippen molar-refractivity contribution in [2.24, 2.45) is 0 Å². The summed E-state index contributed by atoms with van der Waals surface area (Å²) in [6, 6.07) is 9.72. The van der Waals surface area contributed by atoms with Crippen LogP contribution in [0, 0.1) is 6.92 Å². The van der Waals surface area contributed by atoms with Crippen molar-refractivity contribution in [3.8, 4) is 5.69 Å². The van der Waals surface area contributed by atoms with E-state index in [9.17, 15) is 4.79 Å². The zero-order valence-corrected chi connectivity index (χ0v) is 14.0.